The largest absolute Gasteiger partial charge is 0.479 e. The van der Waals surface area contributed by atoms with Gasteiger partial charge >= 0.3 is 0 Å². The number of aliphatic imine (C=N–C) groups is 1. The van der Waals surface area contributed by atoms with E-state index in [9.17, 15) is 4.79 Å². The number of rotatable bonds is 4. The molecular weight excluding hydrogens is 222 g/mol. The average molecular weight is 235 g/mol. The van der Waals surface area contributed by atoms with Gasteiger partial charge in [0.25, 0.3) is 0 Å². The first-order chi connectivity index (χ1) is 7.79. The molecule has 4 heteroatoms. The number of benzene rings is 1. The molecule has 0 atom stereocenters. The van der Waals surface area contributed by atoms with Gasteiger partial charge in [0.15, 0.2) is 11.7 Å². The highest BCUT2D eigenvalue weighted by molar-refractivity contribution is 7.98. The predicted octanol–water partition coefficient (Wildman–Crippen LogP) is 2.41. The van der Waals surface area contributed by atoms with Gasteiger partial charge < -0.3 is 4.74 Å². The van der Waals surface area contributed by atoms with Crippen LogP contribution in [0.1, 0.15) is 16.8 Å². The summed E-state index contributed by atoms with van der Waals surface area (Å²) < 4.78 is 5.22. The van der Waals surface area contributed by atoms with E-state index >= 15 is 0 Å². The molecule has 1 aliphatic heterocycles. The van der Waals surface area contributed by atoms with Gasteiger partial charge in [0.1, 0.15) is 6.61 Å². The molecule has 0 spiro atoms. The van der Waals surface area contributed by atoms with Gasteiger partial charge in [0.2, 0.25) is 0 Å². The molecule has 0 aliphatic carbocycles. The van der Waals surface area contributed by atoms with Crippen molar-refractivity contribution in [3.8, 4) is 0 Å². The fourth-order valence-electron chi connectivity index (χ4n) is 1.50. The summed E-state index contributed by atoms with van der Waals surface area (Å²) in [5.41, 5.74) is 0.719. The number of ether oxygens (including phenoxy) is 1. The van der Waals surface area contributed by atoms with Crippen molar-refractivity contribution in [2.75, 3.05) is 19.4 Å². The molecule has 1 aromatic rings. The number of carbonyl (C=O) groups is 1. The highest BCUT2D eigenvalue weighted by Gasteiger charge is 2.14. The van der Waals surface area contributed by atoms with Crippen LogP contribution >= 0.6 is 11.8 Å². The first-order valence-corrected chi connectivity index (χ1v) is 6.35. The van der Waals surface area contributed by atoms with E-state index in [0.717, 1.165) is 10.5 Å². The first kappa shape index (κ1) is 11.2. The Balaban J connectivity index is 2.02. The molecule has 16 heavy (non-hydrogen) atoms. The van der Waals surface area contributed by atoms with Gasteiger partial charge in [-0.1, -0.05) is 12.1 Å². The maximum absolute atomic E-state index is 11.8. The maximum Gasteiger partial charge on any atom is 0.191 e. The van der Waals surface area contributed by atoms with Gasteiger partial charge in [-0.3, -0.25) is 9.79 Å². The molecular formula is C12H13NO2S. The van der Waals surface area contributed by atoms with Crippen molar-refractivity contribution in [1.82, 2.24) is 0 Å². The van der Waals surface area contributed by atoms with E-state index in [0.29, 0.717) is 19.0 Å². The smallest absolute Gasteiger partial charge is 0.191 e. The Morgan fingerprint density at radius 2 is 2.19 bits per heavy atom. The highest BCUT2D eigenvalue weighted by Crippen LogP contribution is 2.16. The first-order valence-electron chi connectivity index (χ1n) is 5.13. The minimum atomic E-state index is 0.0632. The molecule has 0 unspecified atom stereocenters. The SMILES string of the molecule is CSc1ccc(C(=O)CC2=NCCO2)cc1. The van der Waals surface area contributed by atoms with E-state index in [4.69, 9.17) is 4.74 Å². The fraction of sp³-hybridized carbons (Fsp3) is 0.333. The van der Waals surface area contributed by atoms with Crippen molar-refractivity contribution in [3.63, 3.8) is 0 Å². The zero-order valence-electron chi connectivity index (χ0n) is 9.10. The van der Waals surface area contributed by atoms with E-state index in [-0.39, 0.29) is 12.2 Å². The Hall–Kier alpha value is -1.29. The van der Waals surface area contributed by atoms with Crippen molar-refractivity contribution < 1.29 is 9.53 Å². The molecule has 84 valence electrons. The second-order valence-electron chi connectivity index (χ2n) is 3.45. The van der Waals surface area contributed by atoms with Gasteiger partial charge in [-0.2, -0.15) is 0 Å². The van der Waals surface area contributed by atoms with E-state index in [2.05, 4.69) is 4.99 Å². The number of carbonyl (C=O) groups excluding carboxylic acids is 1. The van der Waals surface area contributed by atoms with Gasteiger partial charge in [-0.25, -0.2) is 0 Å². The number of hydrogen-bond donors (Lipinski definition) is 0. The van der Waals surface area contributed by atoms with Crippen LogP contribution in [0.25, 0.3) is 0 Å². The van der Waals surface area contributed by atoms with Crippen molar-refractivity contribution in [1.29, 1.82) is 0 Å². The molecule has 0 amide bonds. The Morgan fingerprint density at radius 1 is 1.44 bits per heavy atom. The minimum absolute atomic E-state index is 0.0632. The second-order valence-corrected chi connectivity index (χ2v) is 4.33. The molecule has 0 radical (unpaired) electrons. The molecule has 0 fully saturated rings. The van der Waals surface area contributed by atoms with E-state index in [1.807, 2.05) is 30.5 Å². The molecule has 1 aromatic carbocycles. The van der Waals surface area contributed by atoms with Crippen molar-refractivity contribution in [2.45, 2.75) is 11.3 Å². The standard InChI is InChI=1S/C12H13NO2S/c1-16-10-4-2-9(3-5-10)11(14)8-12-13-6-7-15-12/h2-5H,6-8H2,1H3. The molecule has 0 N–H and O–H groups in total. The molecule has 0 bridgehead atoms. The summed E-state index contributed by atoms with van der Waals surface area (Å²) in [6.45, 7) is 1.28. The molecule has 3 nitrogen and oxygen atoms in total. The molecule has 0 aromatic heterocycles. The number of thioether (sulfide) groups is 1. The van der Waals surface area contributed by atoms with Crippen LogP contribution in [0.5, 0.6) is 0 Å². The second kappa shape index (κ2) is 5.16. The van der Waals surface area contributed by atoms with Crippen LogP contribution in [0, 0.1) is 0 Å². The van der Waals surface area contributed by atoms with Crippen molar-refractivity contribution in [3.05, 3.63) is 29.8 Å². The quantitative estimate of drug-likeness (QED) is 0.594. The van der Waals surface area contributed by atoms with Crippen LogP contribution in [0.2, 0.25) is 0 Å². The Labute approximate surface area is 98.9 Å². The van der Waals surface area contributed by atoms with Crippen LogP contribution in [0.4, 0.5) is 0 Å². The lowest BCUT2D eigenvalue weighted by molar-refractivity contribution is 0.0994. The van der Waals surface area contributed by atoms with Crippen LogP contribution in [-0.4, -0.2) is 31.1 Å². The summed E-state index contributed by atoms with van der Waals surface area (Å²) >= 11 is 1.66. The van der Waals surface area contributed by atoms with E-state index in [1.165, 1.54) is 0 Å². The van der Waals surface area contributed by atoms with Crippen LogP contribution in [-0.2, 0) is 4.74 Å². The normalized spacial score (nSPS) is 14.4. The van der Waals surface area contributed by atoms with Crippen LogP contribution in [0.3, 0.4) is 0 Å². The minimum Gasteiger partial charge on any atom is -0.479 e. The lowest BCUT2D eigenvalue weighted by Crippen LogP contribution is -2.08. The maximum atomic E-state index is 11.8. The van der Waals surface area contributed by atoms with Crippen LogP contribution < -0.4 is 0 Å². The van der Waals surface area contributed by atoms with Gasteiger partial charge in [-0.15, -0.1) is 11.8 Å². The Morgan fingerprint density at radius 3 is 2.75 bits per heavy atom. The number of ketones is 1. The zero-order chi connectivity index (χ0) is 11.4. The van der Waals surface area contributed by atoms with E-state index in [1.54, 1.807) is 11.8 Å². The lowest BCUT2D eigenvalue weighted by atomic mass is 10.1. The monoisotopic (exact) mass is 235 g/mol. The number of nitrogens with zero attached hydrogens (tertiary/aromatic N) is 1. The highest BCUT2D eigenvalue weighted by atomic mass is 32.2. The molecule has 1 aliphatic rings. The molecule has 2 rings (SSSR count). The van der Waals surface area contributed by atoms with E-state index < -0.39 is 0 Å². The Bertz CT molecular complexity index is 412. The van der Waals surface area contributed by atoms with Gasteiger partial charge in [0.05, 0.1) is 13.0 Å². The molecule has 0 saturated heterocycles. The molecule has 0 saturated carbocycles. The van der Waals surface area contributed by atoms with Crippen molar-refractivity contribution >= 4 is 23.4 Å². The topological polar surface area (TPSA) is 38.7 Å². The van der Waals surface area contributed by atoms with Crippen LogP contribution in [0.15, 0.2) is 34.2 Å². The third-order valence-corrected chi connectivity index (χ3v) is 3.12. The summed E-state index contributed by atoms with van der Waals surface area (Å²) in [4.78, 5) is 17.1. The van der Waals surface area contributed by atoms with Crippen molar-refractivity contribution in [2.24, 2.45) is 4.99 Å². The third kappa shape index (κ3) is 2.64. The molecule has 1 heterocycles. The average Bonchev–Trinajstić information content (AvgIpc) is 2.82. The summed E-state index contributed by atoms with van der Waals surface area (Å²) in [5.74, 6) is 0.632. The summed E-state index contributed by atoms with van der Waals surface area (Å²) in [7, 11) is 0. The van der Waals surface area contributed by atoms with Gasteiger partial charge in [0, 0.05) is 10.5 Å². The fourth-order valence-corrected chi connectivity index (χ4v) is 1.91. The number of Topliss-reactive ketones (excluding diaryl/α,β-unsaturated/α-hetero) is 1. The summed E-state index contributed by atoms with van der Waals surface area (Å²) in [6, 6.07) is 7.61. The summed E-state index contributed by atoms with van der Waals surface area (Å²) in [6.07, 6.45) is 2.29. The Kier molecular flexibility index (Phi) is 3.62. The van der Waals surface area contributed by atoms with Gasteiger partial charge in [-0.05, 0) is 18.4 Å². The number of hydrogen-bond acceptors (Lipinski definition) is 4. The summed E-state index contributed by atoms with van der Waals surface area (Å²) in [5, 5.41) is 0. The zero-order valence-corrected chi connectivity index (χ0v) is 9.92. The lowest BCUT2D eigenvalue weighted by Gasteiger charge is -2.02. The predicted molar refractivity (Wildman–Crippen MR) is 65.4 cm³/mol. The third-order valence-electron chi connectivity index (χ3n) is 2.37.